The number of aromatic nitrogens is 3. The van der Waals surface area contributed by atoms with Gasteiger partial charge in [0.05, 0.1) is 6.10 Å². The third kappa shape index (κ3) is 6.66. The Morgan fingerprint density at radius 2 is 2.03 bits per heavy atom. The van der Waals surface area contributed by atoms with E-state index in [1.807, 2.05) is 39.2 Å². The largest absolute Gasteiger partial charge is 0.475 e. The summed E-state index contributed by atoms with van der Waals surface area (Å²) in [5, 5.41) is 4.46. The molecule has 2 aromatic heterocycles. The third-order valence-corrected chi connectivity index (χ3v) is 5.25. The number of ether oxygens (including phenoxy) is 1. The first-order chi connectivity index (χ1) is 13.6. The molecule has 1 saturated heterocycles. The summed E-state index contributed by atoms with van der Waals surface area (Å²) < 4.78 is 9.98. The summed E-state index contributed by atoms with van der Waals surface area (Å²) in [6, 6.07) is 3.94. The predicted octanol–water partition coefficient (Wildman–Crippen LogP) is 2.80. The van der Waals surface area contributed by atoms with E-state index in [0.29, 0.717) is 12.4 Å². The maximum Gasteiger partial charge on any atom is 0.213 e. The highest BCUT2D eigenvalue weighted by atomic mass is 127. The van der Waals surface area contributed by atoms with Gasteiger partial charge in [0.15, 0.2) is 5.96 Å². The second kappa shape index (κ2) is 11.5. The molecule has 0 bridgehead atoms. The Kier molecular flexibility index (Phi) is 9.34. The number of nitrogens with zero attached hydrogens (tertiary/aromatic N) is 6. The van der Waals surface area contributed by atoms with Gasteiger partial charge in [-0.25, -0.2) is 9.97 Å². The summed E-state index contributed by atoms with van der Waals surface area (Å²) >= 11 is 1.49. The van der Waals surface area contributed by atoms with Gasteiger partial charge >= 0.3 is 0 Å². The Morgan fingerprint density at radius 1 is 1.28 bits per heavy atom. The van der Waals surface area contributed by atoms with Crippen LogP contribution >= 0.6 is 35.5 Å². The first kappa shape index (κ1) is 23.6. The van der Waals surface area contributed by atoms with Crippen LogP contribution in [-0.4, -0.2) is 64.5 Å². The lowest BCUT2D eigenvalue weighted by Gasteiger charge is -2.36. The molecule has 1 aliphatic rings. The van der Waals surface area contributed by atoms with Crippen molar-refractivity contribution in [3.05, 3.63) is 29.7 Å². The number of halogens is 1. The molecule has 160 valence electrons. The number of piperazine rings is 1. The number of guanidine groups is 1. The summed E-state index contributed by atoms with van der Waals surface area (Å²) in [6.07, 6.45) is 2.85. The van der Waals surface area contributed by atoms with Crippen molar-refractivity contribution >= 4 is 46.6 Å². The van der Waals surface area contributed by atoms with Crippen LogP contribution in [0.3, 0.4) is 0 Å². The third-order valence-electron chi connectivity index (χ3n) is 4.44. The van der Waals surface area contributed by atoms with Gasteiger partial charge in [0.2, 0.25) is 11.0 Å². The minimum absolute atomic E-state index is 0. The first-order valence-corrected chi connectivity index (χ1v) is 10.5. The molecule has 29 heavy (non-hydrogen) atoms. The van der Waals surface area contributed by atoms with Crippen molar-refractivity contribution in [3.63, 3.8) is 0 Å². The maximum absolute atomic E-state index is 5.59. The van der Waals surface area contributed by atoms with E-state index in [1.165, 1.54) is 11.5 Å². The van der Waals surface area contributed by atoms with Crippen LogP contribution in [0.5, 0.6) is 5.88 Å². The average Bonchev–Trinajstić information content (AvgIpc) is 3.19. The van der Waals surface area contributed by atoms with Gasteiger partial charge < -0.3 is 19.9 Å². The SMILES string of the molecule is CCc1nsc(N2CCN(C(=NC)NCc3ccc(OC(C)C)nc3)CC2)n1.I. The lowest BCUT2D eigenvalue weighted by atomic mass is 10.3. The Balaban J connectivity index is 0.00000300. The van der Waals surface area contributed by atoms with Crippen molar-refractivity contribution in [2.24, 2.45) is 4.99 Å². The van der Waals surface area contributed by atoms with Gasteiger partial charge in [-0.1, -0.05) is 13.0 Å². The van der Waals surface area contributed by atoms with E-state index in [1.54, 1.807) is 0 Å². The zero-order valence-corrected chi connectivity index (χ0v) is 20.6. The van der Waals surface area contributed by atoms with Crippen molar-refractivity contribution in [1.29, 1.82) is 0 Å². The van der Waals surface area contributed by atoms with Gasteiger partial charge in [0.25, 0.3) is 0 Å². The second-order valence-corrected chi connectivity index (χ2v) is 7.62. The molecule has 1 fully saturated rings. The summed E-state index contributed by atoms with van der Waals surface area (Å²) in [6.45, 7) is 10.4. The van der Waals surface area contributed by atoms with Gasteiger partial charge in [-0.05, 0) is 19.4 Å². The molecule has 2 aromatic rings. The molecule has 0 amide bonds. The van der Waals surface area contributed by atoms with Crippen molar-refractivity contribution in [1.82, 2.24) is 24.6 Å². The van der Waals surface area contributed by atoms with Crippen molar-refractivity contribution < 1.29 is 4.74 Å². The fourth-order valence-electron chi connectivity index (χ4n) is 2.97. The van der Waals surface area contributed by atoms with Gasteiger partial charge in [-0.15, -0.1) is 24.0 Å². The molecule has 0 spiro atoms. The minimum Gasteiger partial charge on any atom is -0.475 e. The topological polar surface area (TPSA) is 78.8 Å². The highest BCUT2D eigenvalue weighted by molar-refractivity contribution is 14.0. The monoisotopic (exact) mass is 531 g/mol. The Hall–Kier alpha value is -1.69. The Bertz CT molecular complexity index is 773. The van der Waals surface area contributed by atoms with E-state index in [4.69, 9.17) is 4.74 Å². The van der Waals surface area contributed by atoms with E-state index >= 15 is 0 Å². The molecule has 0 aliphatic carbocycles. The molecular weight excluding hydrogens is 501 g/mol. The van der Waals surface area contributed by atoms with E-state index in [9.17, 15) is 0 Å². The molecule has 10 heteroatoms. The Morgan fingerprint density at radius 3 is 2.59 bits per heavy atom. The van der Waals surface area contributed by atoms with Crippen molar-refractivity contribution in [2.45, 2.75) is 39.8 Å². The molecule has 0 saturated carbocycles. The summed E-state index contributed by atoms with van der Waals surface area (Å²) in [5.74, 6) is 2.49. The lowest BCUT2D eigenvalue weighted by molar-refractivity contribution is 0.232. The van der Waals surface area contributed by atoms with E-state index in [-0.39, 0.29) is 30.1 Å². The number of pyridine rings is 1. The van der Waals surface area contributed by atoms with Crippen LogP contribution in [0.4, 0.5) is 5.13 Å². The fourth-order valence-corrected chi connectivity index (χ4v) is 3.77. The van der Waals surface area contributed by atoms with Crippen molar-refractivity contribution in [2.75, 3.05) is 38.1 Å². The summed E-state index contributed by atoms with van der Waals surface area (Å²) in [5.41, 5.74) is 1.09. The zero-order chi connectivity index (χ0) is 19.9. The van der Waals surface area contributed by atoms with Crippen LogP contribution in [0, 0.1) is 0 Å². The molecule has 0 aromatic carbocycles. The van der Waals surface area contributed by atoms with E-state index in [0.717, 1.165) is 55.1 Å². The normalized spacial score (nSPS) is 14.7. The van der Waals surface area contributed by atoms with E-state index in [2.05, 4.69) is 41.4 Å². The molecular formula is C19H30IN7OS. The molecule has 0 atom stereocenters. The van der Waals surface area contributed by atoms with Gasteiger partial charge in [-0.3, -0.25) is 4.99 Å². The Labute approximate surface area is 194 Å². The summed E-state index contributed by atoms with van der Waals surface area (Å²) in [7, 11) is 1.82. The van der Waals surface area contributed by atoms with Crippen LogP contribution in [-0.2, 0) is 13.0 Å². The number of aryl methyl sites for hydroxylation is 1. The number of rotatable bonds is 6. The molecule has 0 radical (unpaired) electrons. The van der Waals surface area contributed by atoms with Crippen LogP contribution in [0.25, 0.3) is 0 Å². The molecule has 1 aliphatic heterocycles. The number of hydrogen-bond donors (Lipinski definition) is 1. The summed E-state index contributed by atoms with van der Waals surface area (Å²) in [4.78, 5) is 18.0. The highest BCUT2D eigenvalue weighted by Crippen LogP contribution is 2.19. The molecule has 3 heterocycles. The average molecular weight is 531 g/mol. The van der Waals surface area contributed by atoms with Crippen LogP contribution in [0.15, 0.2) is 23.3 Å². The number of nitrogens with one attached hydrogen (secondary N) is 1. The maximum atomic E-state index is 5.59. The van der Waals surface area contributed by atoms with Gasteiger partial charge in [0, 0.05) is 70.0 Å². The number of aliphatic imine (C=N–C) groups is 1. The van der Waals surface area contributed by atoms with Gasteiger partial charge in [-0.2, -0.15) is 4.37 Å². The molecule has 8 nitrogen and oxygen atoms in total. The van der Waals surface area contributed by atoms with Crippen LogP contribution in [0.2, 0.25) is 0 Å². The lowest BCUT2D eigenvalue weighted by Crippen LogP contribution is -2.52. The predicted molar refractivity (Wildman–Crippen MR) is 129 cm³/mol. The molecule has 1 N–H and O–H groups in total. The minimum atomic E-state index is 0. The highest BCUT2D eigenvalue weighted by Gasteiger charge is 2.22. The smallest absolute Gasteiger partial charge is 0.213 e. The van der Waals surface area contributed by atoms with E-state index < -0.39 is 0 Å². The molecule has 0 unspecified atom stereocenters. The number of hydrogen-bond acceptors (Lipinski definition) is 7. The number of anilines is 1. The standard InChI is InChI=1S/C19H29N7OS.HI/c1-5-16-23-19(28-24-16)26-10-8-25(9-11-26)18(20-4)22-13-15-6-7-17(21-12-15)27-14(2)3;/h6-7,12,14H,5,8-11,13H2,1-4H3,(H,20,22);1H. The quantitative estimate of drug-likeness (QED) is 0.349. The van der Waals surface area contributed by atoms with Crippen LogP contribution < -0.4 is 15.0 Å². The van der Waals surface area contributed by atoms with Gasteiger partial charge in [0.1, 0.15) is 5.82 Å². The first-order valence-electron chi connectivity index (χ1n) is 9.73. The zero-order valence-electron chi connectivity index (χ0n) is 17.5. The van der Waals surface area contributed by atoms with Crippen molar-refractivity contribution in [3.8, 4) is 5.88 Å². The molecule has 3 rings (SSSR count). The van der Waals surface area contributed by atoms with Crippen LogP contribution in [0.1, 0.15) is 32.2 Å². The second-order valence-electron chi connectivity index (χ2n) is 6.89. The fraction of sp³-hybridized carbons (Fsp3) is 0.579.